The molecule has 0 saturated heterocycles. The number of carbonyl (C=O) groups is 1. The van der Waals surface area contributed by atoms with Crippen molar-refractivity contribution in [2.45, 2.75) is 12.8 Å². The van der Waals surface area contributed by atoms with E-state index in [4.69, 9.17) is 16.3 Å². The number of ketones is 1. The Bertz CT molecular complexity index is 347. The van der Waals surface area contributed by atoms with E-state index >= 15 is 0 Å². The number of hydrogen-bond acceptors (Lipinski definition) is 2. The molecule has 1 heterocycles. The first-order valence-electron chi connectivity index (χ1n) is 4.19. The summed E-state index contributed by atoms with van der Waals surface area (Å²) in [6.45, 7) is 0.440. The number of halogens is 1. The lowest BCUT2D eigenvalue weighted by molar-refractivity contribution is -0.118. The molecule has 0 atom stereocenters. The molecule has 0 unspecified atom stereocenters. The molecule has 0 N–H and O–H groups in total. The minimum atomic E-state index is 0.209. The summed E-state index contributed by atoms with van der Waals surface area (Å²) in [5.41, 5.74) is 0.898. The van der Waals surface area contributed by atoms with Crippen LogP contribution in [0.3, 0.4) is 0 Å². The third kappa shape index (κ3) is 1.68. The lowest BCUT2D eigenvalue weighted by atomic mass is 10.1. The van der Waals surface area contributed by atoms with Gasteiger partial charge in [-0.25, -0.2) is 0 Å². The molecule has 0 saturated carbocycles. The predicted molar refractivity (Wildman–Crippen MR) is 50.3 cm³/mol. The maximum atomic E-state index is 11.2. The van der Waals surface area contributed by atoms with E-state index in [-0.39, 0.29) is 5.78 Å². The zero-order chi connectivity index (χ0) is 9.26. The van der Waals surface area contributed by atoms with Crippen molar-refractivity contribution in [1.82, 2.24) is 0 Å². The molecule has 2 rings (SSSR count). The van der Waals surface area contributed by atoms with Crippen LogP contribution in [-0.4, -0.2) is 12.4 Å². The average Bonchev–Trinajstić information content (AvgIpc) is 2.27. The van der Waals surface area contributed by atoms with Crippen molar-refractivity contribution < 1.29 is 9.53 Å². The van der Waals surface area contributed by atoms with Gasteiger partial charge in [-0.1, -0.05) is 23.7 Å². The molecular formula is C10H9ClO2. The Balaban J connectivity index is 2.45. The van der Waals surface area contributed by atoms with Crippen molar-refractivity contribution in [3.8, 4) is 5.75 Å². The molecule has 68 valence electrons. The van der Waals surface area contributed by atoms with E-state index in [1.54, 1.807) is 6.07 Å². The van der Waals surface area contributed by atoms with E-state index in [2.05, 4.69) is 0 Å². The van der Waals surface area contributed by atoms with E-state index in [0.717, 1.165) is 5.56 Å². The quantitative estimate of drug-likeness (QED) is 0.636. The second-order valence-corrected chi connectivity index (χ2v) is 3.45. The summed E-state index contributed by atoms with van der Waals surface area (Å²) >= 11 is 5.93. The van der Waals surface area contributed by atoms with Gasteiger partial charge >= 0.3 is 0 Å². The normalized spacial score (nSPS) is 15.9. The number of benzene rings is 1. The third-order valence-electron chi connectivity index (χ3n) is 2.06. The number of fused-ring (bicyclic) bond motifs is 1. The van der Waals surface area contributed by atoms with Crippen LogP contribution < -0.4 is 4.74 Å². The maximum absolute atomic E-state index is 11.2. The van der Waals surface area contributed by atoms with Crippen molar-refractivity contribution in [3.63, 3.8) is 0 Å². The smallest absolute Gasteiger partial charge is 0.141 e. The number of rotatable bonds is 0. The Morgan fingerprint density at radius 2 is 2.23 bits per heavy atom. The number of para-hydroxylation sites is 1. The number of ether oxygens (including phenoxy) is 1. The van der Waals surface area contributed by atoms with Crippen molar-refractivity contribution >= 4 is 17.4 Å². The average molecular weight is 197 g/mol. The van der Waals surface area contributed by atoms with Crippen LogP contribution in [0.5, 0.6) is 5.75 Å². The Morgan fingerprint density at radius 1 is 1.38 bits per heavy atom. The summed E-state index contributed by atoms with van der Waals surface area (Å²) in [6, 6.07) is 5.49. The molecule has 1 aliphatic rings. The lowest BCUT2D eigenvalue weighted by Crippen LogP contribution is -2.02. The van der Waals surface area contributed by atoms with Crippen LogP contribution in [0, 0.1) is 0 Å². The summed E-state index contributed by atoms with van der Waals surface area (Å²) in [6.07, 6.45) is 0.918. The van der Waals surface area contributed by atoms with Crippen LogP contribution in [0.1, 0.15) is 12.0 Å². The van der Waals surface area contributed by atoms with Crippen molar-refractivity contribution in [3.05, 3.63) is 28.8 Å². The predicted octanol–water partition coefficient (Wildman–Crippen LogP) is 2.23. The summed E-state index contributed by atoms with van der Waals surface area (Å²) < 4.78 is 5.40. The van der Waals surface area contributed by atoms with Crippen LogP contribution in [0.15, 0.2) is 18.2 Å². The van der Waals surface area contributed by atoms with Crippen molar-refractivity contribution in [2.24, 2.45) is 0 Å². The van der Waals surface area contributed by atoms with Crippen LogP contribution in [0.2, 0.25) is 5.02 Å². The maximum Gasteiger partial charge on any atom is 0.141 e. The fourth-order valence-corrected chi connectivity index (χ4v) is 1.67. The van der Waals surface area contributed by atoms with Crippen LogP contribution >= 0.6 is 11.6 Å². The van der Waals surface area contributed by atoms with Gasteiger partial charge in [0.1, 0.15) is 11.5 Å². The van der Waals surface area contributed by atoms with E-state index in [1.807, 2.05) is 12.1 Å². The van der Waals surface area contributed by atoms with E-state index < -0.39 is 0 Å². The second-order valence-electron chi connectivity index (χ2n) is 3.04. The highest BCUT2D eigenvalue weighted by molar-refractivity contribution is 6.32. The molecule has 1 aromatic carbocycles. The molecule has 0 aromatic heterocycles. The third-order valence-corrected chi connectivity index (χ3v) is 2.36. The molecule has 0 radical (unpaired) electrons. The van der Waals surface area contributed by atoms with Crippen LogP contribution in [0.4, 0.5) is 0 Å². The summed E-state index contributed by atoms with van der Waals surface area (Å²) in [7, 11) is 0. The van der Waals surface area contributed by atoms with Gasteiger partial charge in [0.05, 0.1) is 11.6 Å². The van der Waals surface area contributed by atoms with E-state index in [1.165, 1.54) is 0 Å². The van der Waals surface area contributed by atoms with Crippen molar-refractivity contribution in [2.75, 3.05) is 6.61 Å². The van der Waals surface area contributed by atoms with Gasteiger partial charge in [-0.2, -0.15) is 0 Å². The first-order valence-corrected chi connectivity index (χ1v) is 4.57. The Hall–Kier alpha value is -1.02. The largest absolute Gasteiger partial charge is 0.491 e. The van der Waals surface area contributed by atoms with Gasteiger partial charge in [-0.3, -0.25) is 4.79 Å². The lowest BCUT2D eigenvalue weighted by Gasteiger charge is -2.07. The molecule has 0 fully saturated rings. The molecule has 0 bridgehead atoms. The highest BCUT2D eigenvalue weighted by atomic mass is 35.5. The summed E-state index contributed by atoms with van der Waals surface area (Å²) in [4.78, 5) is 11.2. The van der Waals surface area contributed by atoms with Gasteiger partial charge in [-0.15, -0.1) is 0 Å². The first-order chi connectivity index (χ1) is 6.27. The Kier molecular flexibility index (Phi) is 2.23. The Morgan fingerprint density at radius 3 is 3.08 bits per heavy atom. The van der Waals surface area contributed by atoms with Crippen molar-refractivity contribution in [1.29, 1.82) is 0 Å². The van der Waals surface area contributed by atoms with Crippen LogP contribution in [0.25, 0.3) is 0 Å². The molecule has 1 aromatic rings. The van der Waals surface area contributed by atoms with Gasteiger partial charge in [0.25, 0.3) is 0 Å². The zero-order valence-electron chi connectivity index (χ0n) is 7.05. The number of Topliss-reactive ketones (excluding diaryl/α,β-unsaturated/α-hetero) is 1. The summed E-state index contributed by atoms with van der Waals surface area (Å²) in [5, 5.41) is 0.590. The van der Waals surface area contributed by atoms with E-state index in [0.29, 0.717) is 30.2 Å². The molecule has 0 spiro atoms. The highest BCUT2D eigenvalue weighted by Crippen LogP contribution is 2.30. The monoisotopic (exact) mass is 196 g/mol. The molecule has 1 aliphatic heterocycles. The first kappa shape index (κ1) is 8.57. The van der Waals surface area contributed by atoms with Gasteiger partial charge in [0.2, 0.25) is 0 Å². The molecule has 2 nitrogen and oxygen atoms in total. The minimum absolute atomic E-state index is 0.209. The van der Waals surface area contributed by atoms with E-state index in [9.17, 15) is 4.79 Å². The topological polar surface area (TPSA) is 26.3 Å². The molecule has 3 heteroatoms. The minimum Gasteiger partial charge on any atom is -0.491 e. The standard InChI is InChI=1S/C10H9ClO2/c11-9-3-1-2-7-6-8(12)4-5-13-10(7)9/h1-3H,4-6H2. The number of carbonyl (C=O) groups excluding carboxylic acids is 1. The van der Waals surface area contributed by atoms with Gasteiger partial charge in [0, 0.05) is 18.4 Å². The summed E-state index contributed by atoms with van der Waals surface area (Å²) in [5.74, 6) is 0.885. The SMILES string of the molecule is O=C1CCOc2c(Cl)cccc2C1. The zero-order valence-corrected chi connectivity index (χ0v) is 7.80. The molecule has 0 amide bonds. The molecular weight excluding hydrogens is 188 g/mol. The van der Waals surface area contributed by atoms with Gasteiger partial charge < -0.3 is 4.74 Å². The molecule has 13 heavy (non-hydrogen) atoms. The molecule has 0 aliphatic carbocycles. The Labute approximate surface area is 81.5 Å². The fourth-order valence-electron chi connectivity index (χ4n) is 1.42. The second kappa shape index (κ2) is 3.38. The fraction of sp³-hybridized carbons (Fsp3) is 0.300. The highest BCUT2D eigenvalue weighted by Gasteiger charge is 2.16. The van der Waals surface area contributed by atoms with Crippen LogP contribution in [-0.2, 0) is 11.2 Å². The van der Waals surface area contributed by atoms with Gasteiger partial charge in [-0.05, 0) is 6.07 Å². The van der Waals surface area contributed by atoms with Gasteiger partial charge in [0.15, 0.2) is 0 Å². The number of hydrogen-bond donors (Lipinski definition) is 0.